The minimum absolute atomic E-state index is 0.279. The number of amides is 1. The highest BCUT2D eigenvalue weighted by Crippen LogP contribution is 2.36. The van der Waals surface area contributed by atoms with E-state index in [9.17, 15) is 9.59 Å². The Kier molecular flexibility index (Phi) is 9.76. The molecular weight excluding hydrogens is 490 g/mol. The number of carbonyl (C=O) groups excluding carboxylic acids is 2. The van der Waals surface area contributed by atoms with Crippen LogP contribution >= 0.6 is 23.7 Å². The van der Waals surface area contributed by atoms with Gasteiger partial charge in [0.1, 0.15) is 0 Å². The van der Waals surface area contributed by atoms with Gasteiger partial charge >= 0.3 is 5.91 Å². The Bertz CT molecular complexity index is 1160. The van der Waals surface area contributed by atoms with Crippen molar-refractivity contribution in [2.75, 3.05) is 12.5 Å². The van der Waals surface area contributed by atoms with Gasteiger partial charge in [-0.2, -0.15) is 11.8 Å². The second-order valence-corrected chi connectivity index (χ2v) is 10.5. The molecule has 1 amide bonds. The van der Waals surface area contributed by atoms with Crippen LogP contribution in [0, 0.1) is 0 Å². The van der Waals surface area contributed by atoms with Gasteiger partial charge in [-0.3, -0.25) is 14.3 Å². The molecule has 188 valence electrons. The molecule has 0 saturated carbocycles. The Labute approximate surface area is 221 Å². The van der Waals surface area contributed by atoms with Crippen LogP contribution < -0.4 is 14.2 Å². The van der Waals surface area contributed by atoms with Crippen LogP contribution in [0.2, 0.25) is 0 Å². The summed E-state index contributed by atoms with van der Waals surface area (Å²) in [6.45, 7) is 2.45. The number of ketones is 1. The van der Waals surface area contributed by atoms with Crippen LogP contribution in [0.4, 0.5) is 0 Å². The first-order chi connectivity index (χ1) is 17.6. The summed E-state index contributed by atoms with van der Waals surface area (Å²) in [5.41, 5.74) is 5.04. The summed E-state index contributed by atoms with van der Waals surface area (Å²) in [6.07, 6.45) is 4.58. The molecule has 1 heterocycles. The van der Waals surface area contributed by atoms with Gasteiger partial charge in [-0.05, 0) is 40.8 Å². The maximum Gasteiger partial charge on any atom is 0.302 e. The van der Waals surface area contributed by atoms with Crippen molar-refractivity contribution in [1.82, 2.24) is 4.72 Å². The van der Waals surface area contributed by atoms with Crippen LogP contribution in [0.3, 0.4) is 0 Å². The number of rotatable bonds is 13. The molecule has 4 rings (SSSR count). The summed E-state index contributed by atoms with van der Waals surface area (Å²) in [6, 6.07) is 21.9. The summed E-state index contributed by atoms with van der Waals surface area (Å²) in [5, 5.41) is 0. The van der Waals surface area contributed by atoms with Crippen molar-refractivity contribution >= 4 is 35.4 Å². The van der Waals surface area contributed by atoms with Crippen molar-refractivity contribution in [1.29, 1.82) is 0 Å². The molecule has 0 saturated heterocycles. The van der Waals surface area contributed by atoms with Crippen molar-refractivity contribution in [2.45, 2.75) is 44.1 Å². The van der Waals surface area contributed by atoms with E-state index in [4.69, 9.17) is 9.47 Å². The number of nitrogens with one attached hydrogen (secondary N) is 1. The summed E-state index contributed by atoms with van der Waals surface area (Å²) in [4.78, 5) is 24.5. The molecule has 7 heteroatoms. The van der Waals surface area contributed by atoms with E-state index in [0.717, 1.165) is 58.3 Å². The molecule has 5 nitrogen and oxygen atoms in total. The fraction of sp³-hybridized carbons (Fsp3) is 0.310. The predicted octanol–water partition coefficient (Wildman–Crippen LogP) is 7.04. The first kappa shape index (κ1) is 26.2. The number of hydrogen-bond donors (Lipinski definition) is 1. The number of Topliss-reactive ketones (excluding diaryl/α,β-unsaturated/α-hetero) is 1. The molecule has 36 heavy (non-hydrogen) atoms. The highest BCUT2D eigenvalue weighted by atomic mass is 32.2. The molecule has 0 fully saturated rings. The van der Waals surface area contributed by atoms with Gasteiger partial charge in [0, 0.05) is 22.8 Å². The zero-order chi connectivity index (χ0) is 25.2. The van der Waals surface area contributed by atoms with Gasteiger partial charge in [-0.15, -0.1) is 0 Å². The first-order valence-electron chi connectivity index (χ1n) is 12.3. The zero-order valence-corrected chi connectivity index (χ0v) is 22.1. The highest BCUT2D eigenvalue weighted by Gasteiger charge is 2.16. The van der Waals surface area contributed by atoms with E-state index in [1.54, 1.807) is 12.1 Å². The van der Waals surface area contributed by atoms with Gasteiger partial charge in [0.15, 0.2) is 11.5 Å². The number of hydrogen-bond acceptors (Lipinski definition) is 6. The quantitative estimate of drug-likeness (QED) is 0.113. The van der Waals surface area contributed by atoms with E-state index in [0.29, 0.717) is 5.56 Å². The van der Waals surface area contributed by atoms with E-state index >= 15 is 0 Å². The van der Waals surface area contributed by atoms with E-state index in [2.05, 4.69) is 35.9 Å². The summed E-state index contributed by atoms with van der Waals surface area (Å²) < 4.78 is 13.5. The Morgan fingerprint density at radius 3 is 2.19 bits per heavy atom. The molecule has 0 spiro atoms. The number of benzene rings is 3. The third kappa shape index (κ3) is 7.31. The Morgan fingerprint density at radius 2 is 1.47 bits per heavy atom. The minimum Gasteiger partial charge on any atom is -0.454 e. The molecule has 3 aromatic carbocycles. The standard InChI is InChI=1S/C29H31NO4S2/c1-2-3-4-5-16-36-30-29(32)28(31)24-12-8-22(9-13-24)19-35-18-21-6-10-23(11-7-21)25-14-15-26-27(17-25)34-20-33-26/h6-15,17H,2-5,16,18-20H2,1H3,(H,30,32). The zero-order valence-electron chi connectivity index (χ0n) is 20.5. The summed E-state index contributed by atoms with van der Waals surface area (Å²) in [7, 11) is 0. The average Bonchev–Trinajstić information content (AvgIpc) is 3.39. The van der Waals surface area contributed by atoms with Gasteiger partial charge in [-0.25, -0.2) is 0 Å². The second-order valence-electron chi connectivity index (χ2n) is 8.62. The molecule has 1 N–H and O–H groups in total. The maximum absolute atomic E-state index is 12.4. The number of fused-ring (bicyclic) bond motifs is 1. The van der Waals surface area contributed by atoms with E-state index < -0.39 is 11.7 Å². The SMILES string of the molecule is CCCCCCSNC(=O)C(=O)c1ccc(CSCc2ccc(-c3ccc4c(c3)OCO4)cc2)cc1. The number of ether oxygens (including phenoxy) is 2. The van der Waals surface area contributed by atoms with Crippen LogP contribution in [0.25, 0.3) is 11.1 Å². The van der Waals surface area contributed by atoms with E-state index in [1.165, 1.54) is 30.4 Å². The number of carbonyl (C=O) groups is 2. The molecule has 0 aliphatic carbocycles. The maximum atomic E-state index is 12.4. The van der Waals surface area contributed by atoms with Crippen LogP contribution in [-0.2, 0) is 16.3 Å². The summed E-state index contributed by atoms with van der Waals surface area (Å²) in [5.74, 6) is 3.09. The van der Waals surface area contributed by atoms with Gasteiger partial charge in [-0.1, -0.05) is 92.7 Å². The highest BCUT2D eigenvalue weighted by molar-refractivity contribution is 7.98. The van der Waals surface area contributed by atoms with Crippen LogP contribution in [0.1, 0.15) is 54.1 Å². The van der Waals surface area contributed by atoms with Crippen LogP contribution in [0.5, 0.6) is 11.5 Å². The lowest BCUT2D eigenvalue weighted by Crippen LogP contribution is -2.26. The molecular formula is C29H31NO4S2. The van der Waals surface area contributed by atoms with Crippen molar-refractivity contribution < 1.29 is 19.1 Å². The molecule has 0 radical (unpaired) electrons. The van der Waals surface area contributed by atoms with Crippen molar-refractivity contribution in [3.8, 4) is 22.6 Å². The Balaban J connectivity index is 1.20. The largest absolute Gasteiger partial charge is 0.454 e. The monoisotopic (exact) mass is 521 g/mol. The lowest BCUT2D eigenvalue weighted by atomic mass is 10.0. The van der Waals surface area contributed by atoms with Gasteiger partial charge in [0.25, 0.3) is 5.78 Å². The van der Waals surface area contributed by atoms with Crippen LogP contribution in [0.15, 0.2) is 66.7 Å². The van der Waals surface area contributed by atoms with Crippen molar-refractivity contribution in [3.63, 3.8) is 0 Å². The molecule has 0 atom stereocenters. The number of thioether (sulfide) groups is 1. The molecule has 1 aliphatic heterocycles. The molecule has 1 aliphatic rings. The first-order valence-corrected chi connectivity index (χ1v) is 14.4. The topological polar surface area (TPSA) is 64.6 Å². The smallest absolute Gasteiger partial charge is 0.302 e. The molecule has 0 aromatic heterocycles. The number of unbranched alkanes of at least 4 members (excludes halogenated alkanes) is 3. The molecule has 0 unspecified atom stereocenters. The fourth-order valence-electron chi connectivity index (χ4n) is 3.80. The van der Waals surface area contributed by atoms with E-state index in [1.807, 2.05) is 42.1 Å². The van der Waals surface area contributed by atoms with Crippen molar-refractivity contribution in [2.24, 2.45) is 0 Å². The average molecular weight is 522 g/mol. The Hall–Kier alpha value is -2.90. The third-order valence-corrected chi connectivity index (χ3v) is 7.78. The third-order valence-electron chi connectivity index (χ3n) is 5.88. The lowest BCUT2D eigenvalue weighted by Gasteiger charge is -2.07. The van der Waals surface area contributed by atoms with Gasteiger partial charge < -0.3 is 9.47 Å². The van der Waals surface area contributed by atoms with Crippen LogP contribution in [-0.4, -0.2) is 24.2 Å². The molecule has 3 aromatic rings. The van der Waals surface area contributed by atoms with Gasteiger partial charge in [0.2, 0.25) is 6.79 Å². The van der Waals surface area contributed by atoms with Gasteiger partial charge in [0.05, 0.1) is 0 Å². The normalized spacial score (nSPS) is 11.9. The minimum atomic E-state index is -0.554. The lowest BCUT2D eigenvalue weighted by molar-refractivity contribution is -0.115. The van der Waals surface area contributed by atoms with Crippen molar-refractivity contribution in [3.05, 3.63) is 83.4 Å². The predicted molar refractivity (Wildman–Crippen MR) is 149 cm³/mol. The fourth-order valence-corrected chi connectivity index (χ4v) is 5.44. The summed E-state index contributed by atoms with van der Waals surface area (Å²) >= 11 is 3.13. The second kappa shape index (κ2) is 13.4. The van der Waals surface area contributed by atoms with E-state index in [-0.39, 0.29) is 6.79 Å². The Morgan fingerprint density at radius 1 is 0.806 bits per heavy atom. The molecule has 0 bridgehead atoms.